The van der Waals surface area contributed by atoms with Gasteiger partial charge in [0.05, 0.1) is 42.1 Å². The van der Waals surface area contributed by atoms with Crippen molar-refractivity contribution in [3.8, 4) is 17.2 Å². The van der Waals surface area contributed by atoms with Gasteiger partial charge in [0.1, 0.15) is 29.5 Å². The van der Waals surface area contributed by atoms with Gasteiger partial charge in [-0.25, -0.2) is 4.79 Å². The first-order valence-electron chi connectivity index (χ1n) is 13.5. The molecule has 14 heteroatoms. The number of carbonyl (C=O) groups is 4. The van der Waals surface area contributed by atoms with E-state index < -0.39 is 108 Å². The second-order valence-electron chi connectivity index (χ2n) is 10.8. The van der Waals surface area contributed by atoms with Crippen LogP contribution in [0.4, 0.5) is 0 Å². The second-order valence-corrected chi connectivity index (χ2v) is 10.8. The number of phenolic OH excluding ortho intramolecular Hbond substituents is 2. The van der Waals surface area contributed by atoms with Crippen LogP contribution in [0.2, 0.25) is 0 Å². The molecular weight excluding hydrogens is 570 g/mol. The molecule has 1 aliphatic heterocycles. The lowest BCUT2D eigenvalue weighted by Gasteiger charge is -2.42. The summed E-state index contributed by atoms with van der Waals surface area (Å²) in [6, 6.07) is 3.52. The number of ketones is 3. The number of ether oxygens (including phenoxy) is 4. The van der Waals surface area contributed by atoms with E-state index in [1.54, 1.807) is 6.92 Å². The zero-order valence-electron chi connectivity index (χ0n) is 23.2. The molecule has 7 N–H and O–H groups in total. The number of hydrogen-bond donors (Lipinski definition) is 6. The van der Waals surface area contributed by atoms with Crippen LogP contribution in [0, 0.1) is 0 Å². The molecule has 1 saturated heterocycles. The fourth-order valence-electron chi connectivity index (χ4n) is 5.93. The number of esters is 1. The van der Waals surface area contributed by atoms with Crippen LogP contribution in [-0.4, -0.2) is 99.3 Å². The van der Waals surface area contributed by atoms with Crippen LogP contribution in [0.1, 0.15) is 68.8 Å². The summed E-state index contributed by atoms with van der Waals surface area (Å²) in [4.78, 5) is 51.9. The van der Waals surface area contributed by atoms with Gasteiger partial charge in [-0.2, -0.15) is 0 Å². The predicted octanol–water partition coefficient (Wildman–Crippen LogP) is -0.455. The van der Waals surface area contributed by atoms with Crippen molar-refractivity contribution < 1.29 is 63.7 Å². The largest absolute Gasteiger partial charge is 0.507 e. The molecule has 6 atom stereocenters. The summed E-state index contributed by atoms with van der Waals surface area (Å²) in [5, 5.41) is 53.7. The Labute approximate surface area is 244 Å². The number of hydrogen-bond acceptors (Lipinski definition) is 14. The summed E-state index contributed by atoms with van der Waals surface area (Å²) >= 11 is 0. The summed E-state index contributed by atoms with van der Waals surface area (Å²) in [5.74, 6) is -5.15. The van der Waals surface area contributed by atoms with Crippen LogP contribution in [0.5, 0.6) is 17.2 Å². The van der Waals surface area contributed by atoms with E-state index >= 15 is 0 Å². The summed E-state index contributed by atoms with van der Waals surface area (Å²) in [6.45, 7) is -0.389. The van der Waals surface area contributed by atoms with Gasteiger partial charge in [-0.3, -0.25) is 14.4 Å². The minimum absolute atomic E-state index is 0.0303. The molecule has 5 rings (SSSR count). The lowest BCUT2D eigenvalue weighted by Crippen LogP contribution is -2.53. The first kappa shape index (κ1) is 30.5. The van der Waals surface area contributed by atoms with Crippen molar-refractivity contribution in [2.75, 3.05) is 20.3 Å². The molecule has 2 aromatic carbocycles. The van der Waals surface area contributed by atoms with Crippen LogP contribution < -0.4 is 10.5 Å². The van der Waals surface area contributed by atoms with Gasteiger partial charge in [-0.1, -0.05) is 12.1 Å². The van der Waals surface area contributed by atoms with E-state index in [9.17, 15) is 39.6 Å². The fourth-order valence-corrected chi connectivity index (χ4v) is 5.93. The van der Waals surface area contributed by atoms with E-state index in [0.29, 0.717) is 0 Å². The Morgan fingerprint density at radius 3 is 2.47 bits per heavy atom. The molecular formula is C29H31NO13. The third kappa shape index (κ3) is 5.05. The van der Waals surface area contributed by atoms with E-state index in [-0.39, 0.29) is 34.4 Å². The van der Waals surface area contributed by atoms with Gasteiger partial charge in [-0.05, 0) is 13.0 Å². The highest BCUT2D eigenvalue weighted by molar-refractivity contribution is 6.31. The average molecular weight is 602 g/mol. The number of fused-ring (bicyclic) bond motifs is 3. The molecule has 0 bridgehead atoms. The maximum Gasteiger partial charge on any atom is 0.332 e. The molecule has 2 aromatic rings. The van der Waals surface area contributed by atoms with E-state index in [0.717, 1.165) is 0 Å². The Hall–Kier alpha value is -3.92. The Bertz CT molecular complexity index is 1510. The number of aliphatic hydroxyl groups excluding tert-OH is 2. The predicted molar refractivity (Wildman–Crippen MR) is 143 cm³/mol. The van der Waals surface area contributed by atoms with Gasteiger partial charge in [-0.15, -0.1) is 0 Å². The number of nitrogens with two attached hydrogens (primary N) is 1. The normalized spacial score (nSPS) is 28.0. The first-order valence-corrected chi connectivity index (χ1v) is 13.5. The lowest BCUT2D eigenvalue weighted by molar-refractivity contribution is -0.247. The summed E-state index contributed by atoms with van der Waals surface area (Å²) in [6.07, 6.45) is -5.58. The molecule has 43 heavy (non-hydrogen) atoms. The number of aliphatic hydroxyl groups is 3. The number of rotatable bonds is 7. The van der Waals surface area contributed by atoms with Crippen molar-refractivity contribution in [3.63, 3.8) is 0 Å². The van der Waals surface area contributed by atoms with Gasteiger partial charge < -0.3 is 50.2 Å². The van der Waals surface area contributed by atoms with Crippen molar-refractivity contribution in [1.82, 2.24) is 0 Å². The monoisotopic (exact) mass is 601 g/mol. The SMILES string of the molecule is COc1cccc2c1C(=O)c1c(O)c3c(c(O)c1C2=O)CC(O)(C(=O)COC(=O)CO)CC3O[C@H]1C[C@H](N)[C@H](O)[C@H](C)O1. The maximum absolute atomic E-state index is 13.7. The number of benzene rings is 2. The first-order chi connectivity index (χ1) is 20.3. The molecule has 230 valence electrons. The Balaban J connectivity index is 1.64. The highest BCUT2D eigenvalue weighted by atomic mass is 16.7. The Kier molecular flexibility index (Phi) is 8.02. The zero-order chi connectivity index (χ0) is 31.4. The highest BCUT2D eigenvalue weighted by Gasteiger charge is 2.50. The van der Waals surface area contributed by atoms with Crippen LogP contribution >= 0.6 is 0 Å². The van der Waals surface area contributed by atoms with E-state index in [1.165, 1.54) is 25.3 Å². The summed E-state index contributed by atoms with van der Waals surface area (Å²) < 4.78 is 21.7. The van der Waals surface area contributed by atoms with Crippen molar-refractivity contribution in [1.29, 1.82) is 0 Å². The standard InChI is InChI=1S/C29H31NO13/c1-11-24(34)14(30)6-19(42-11)43-16-8-29(39,17(32)10-41-18(33)9-31)7-13-21(16)28(38)23-22(26(13)36)25(35)12-4-3-5-15(40-2)20(12)27(23)37/h3-5,11,14,16,19,24,31,34,36,38-39H,6-10,30H2,1-2H3/t11-,14-,16?,19-,24+,29?/m0/s1. The summed E-state index contributed by atoms with van der Waals surface area (Å²) in [7, 11) is 1.31. The molecule has 0 radical (unpaired) electrons. The van der Waals surface area contributed by atoms with Crippen LogP contribution in [0.3, 0.4) is 0 Å². The fraction of sp³-hybridized carbons (Fsp3) is 0.448. The second kappa shape index (κ2) is 11.3. The maximum atomic E-state index is 13.7. The topological polar surface area (TPSA) is 232 Å². The van der Waals surface area contributed by atoms with Gasteiger partial charge in [0.2, 0.25) is 11.6 Å². The molecule has 0 amide bonds. The van der Waals surface area contributed by atoms with E-state index in [2.05, 4.69) is 0 Å². The number of carbonyl (C=O) groups excluding carboxylic acids is 4. The van der Waals surface area contributed by atoms with Crippen molar-refractivity contribution in [3.05, 3.63) is 51.6 Å². The molecule has 1 heterocycles. The van der Waals surface area contributed by atoms with E-state index in [4.69, 9.17) is 29.8 Å². The molecule has 2 aliphatic carbocycles. The molecule has 2 unspecified atom stereocenters. The van der Waals surface area contributed by atoms with Crippen molar-refractivity contribution in [2.45, 2.75) is 62.4 Å². The molecule has 0 aromatic heterocycles. The molecule has 3 aliphatic rings. The summed E-state index contributed by atoms with van der Waals surface area (Å²) in [5.41, 5.74) is 1.99. The zero-order valence-corrected chi connectivity index (χ0v) is 23.2. The Morgan fingerprint density at radius 2 is 1.81 bits per heavy atom. The van der Waals surface area contributed by atoms with Gasteiger partial charge in [0.25, 0.3) is 0 Å². The van der Waals surface area contributed by atoms with Crippen LogP contribution in [-0.2, 0) is 30.2 Å². The van der Waals surface area contributed by atoms with Crippen LogP contribution in [0.25, 0.3) is 0 Å². The third-order valence-corrected chi connectivity index (χ3v) is 8.16. The molecule has 1 fully saturated rings. The number of aromatic hydroxyl groups is 2. The van der Waals surface area contributed by atoms with Crippen molar-refractivity contribution in [2.24, 2.45) is 5.73 Å². The molecule has 14 nitrogen and oxygen atoms in total. The third-order valence-electron chi connectivity index (χ3n) is 8.16. The molecule has 0 saturated carbocycles. The number of Topliss-reactive ketones (excluding diaryl/α,β-unsaturated/α-hetero) is 1. The van der Waals surface area contributed by atoms with Gasteiger partial charge >= 0.3 is 5.97 Å². The Morgan fingerprint density at radius 1 is 1.12 bits per heavy atom. The van der Waals surface area contributed by atoms with Crippen molar-refractivity contribution >= 4 is 23.3 Å². The van der Waals surface area contributed by atoms with Crippen LogP contribution in [0.15, 0.2) is 18.2 Å². The number of methoxy groups -OCH3 is 1. The number of phenols is 2. The minimum Gasteiger partial charge on any atom is -0.507 e. The molecule has 0 spiro atoms. The smallest absolute Gasteiger partial charge is 0.332 e. The van der Waals surface area contributed by atoms with Gasteiger partial charge in [0.15, 0.2) is 18.7 Å². The van der Waals surface area contributed by atoms with E-state index in [1.807, 2.05) is 0 Å². The average Bonchev–Trinajstić information content (AvgIpc) is 2.98. The quantitative estimate of drug-likeness (QED) is 0.149. The van der Waals surface area contributed by atoms with Gasteiger partial charge in [0, 0.05) is 42.0 Å². The lowest BCUT2D eigenvalue weighted by atomic mass is 9.72. The highest BCUT2D eigenvalue weighted by Crippen LogP contribution is 2.52. The minimum atomic E-state index is -2.36.